The van der Waals surface area contributed by atoms with Crippen molar-refractivity contribution in [3.8, 4) is 33.4 Å². The van der Waals surface area contributed by atoms with Gasteiger partial charge in [0.2, 0.25) is 0 Å². The highest BCUT2D eigenvalue weighted by molar-refractivity contribution is 7.00. The summed E-state index contributed by atoms with van der Waals surface area (Å²) in [6.45, 7) is 41.5. The van der Waals surface area contributed by atoms with Crippen LogP contribution in [0.4, 0.5) is 68.2 Å². The minimum Gasteiger partial charge on any atom is -0.311 e. The smallest absolute Gasteiger partial charge is 0.252 e. The Morgan fingerprint density at radius 1 is 0.228 bits per heavy atom. The molecule has 0 saturated heterocycles. The van der Waals surface area contributed by atoms with Gasteiger partial charge in [0.25, 0.3) is 6.71 Å². The van der Waals surface area contributed by atoms with Crippen molar-refractivity contribution >= 4 is 91.3 Å². The third-order valence-corrected chi connectivity index (χ3v) is 24.5. The molecule has 0 radical (unpaired) electrons. The van der Waals surface area contributed by atoms with E-state index < -0.39 is 5.41 Å². The Hall–Kier alpha value is -11.7. The topological polar surface area (TPSA) is 13.0 Å². The molecule has 0 bridgehead atoms. The van der Waals surface area contributed by atoms with Crippen LogP contribution in [0.3, 0.4) is 0 Å². The average Bonchev–Trinajstić information content (AvgIpc) is 1.20. The monoisotopic (exact) mass is 1480 g/mol. The van der Waals surface area contributed by atoms with E-state index in [2.05, 4.69) is 466 Å². The molecular formula is C109H107BN4. The Morgan fingerprint density at radius 3 is 0.842 bits per heavy atom. The molecular weight excluding hydrogens is 1380 g/mol. The lowest BCUT2D eigenvalue weighted by molar-refractivity contribution is 0.590. The first-order valence-electron chi connectivity index (χ1n) is 41.1. The fourth-order valence-electron chi connectivity index (χ4n) is 18.1. The molecule has 0 aromatic heterocycles. The second-order valence-corrected chi connectivity index (χ2v) is 38.3. The van der Waals surface area contributed by atoms with E-state index in [0.29, 0.717) is 0 Å². The van der Waals surface area contributed by atoms with E-state index in [0.717, 1.165) is 90.5 Å². The largest absolute Gasteiger partial charge is 0.311 e. The van der Waals surface area contributed by atoms with Crippen LogP contribution in [0.1, 0.15) is 180 Å². The summed E-state index contributed by atoms with van der Waals surface area (Å²) in [5, 5.41) is 0. The van der Waals surface area contributed by atoms with Crippen LogP contribution in [0.15, 0.2) is 322 Å². The van der Waals surface area contributed by atoms with Crippen LogP contribution in [0.25, 0.3) is 33.4 Å². The lowest BCUT2D eigenvalue weighted by Gasteiger charge is -2.47. The third kappa shape index (κ3) is 13.2. The van der Waals surface area contributed by atoms with Crippen LogP contribution >= 0.6 is 0 Å². The number of hydrogen-bond acceptors (Lipinski definition) is 4. The van der Waals surface area contributed by atoms with Crippen LogP contribution < -0.4 is 36.0 Å². The molecule has 2 aliphatic heterocycles. The van der Waals surface area contributed by atoms with Gasteiger partial charge in [-0.05, 0) is 236 Å². The number of benzene rings is 14. The average molecular weight is 1480 g/mol. The number of anilines is 12. The Bertz CT molecular complexity index is 5500. The van der Waals surface area contributed by atoms with Gasteiger partial charge in [-0.1, -0.05) is 337 Å². The summed E-state index contributed by atoms with van der Waals surface area (Å²) in [5.74, 6) is 0. The van der Waals surface area contributed by atoms with Gasteiger partial charge in [-0.2, -0.15) is 0 Å². The maximum absolute atomic E-state index is 2.71. The number of fused-ring (bicyclic) bond motifs is 7. The standard InChI is InChI=1S/C109H107BN4/c1-103(2,3)74-42-52-82(53-43-74)111(83-54-44-75(45-55-83)104(4,5)6)86-60-62-94-98(70-86)113(96-64-50-79(107(13,14)15)66-90(96)72-32-22-19-23-33-72)100-68-81(109(78-36-26-21-27-37-78)92-40-30-28-38-88(92)89-39-29-31-41-93(89)109)69-101-102(100)110(94)95-63-61-87(71-99(95)114(101)97-65-51-80(108(16,17)18)67-91(97)73-34-24-20-25-35-73)112(84-56-46-76(47-57-84)105(7,8)9)85-58-48-77(49-59-85)106(10,11)12/h19-71H,1-18H3. The lowest BCUT2D eigenvalue weighted by Crippen LogP contribution is -2.61. The van der Waals surface area contributed by atoms with Gasteiger partial charge in [0.05, 0.1) is 16.8 Å². The summed E-state index contributed by atoms with van der Waals surface area (Å²) in [4.78, 5) is 10.4. The van der Waals surface area contributed by atoms with Crippen molar-refractivity contribution in [2.45, 2.75) is 163 Å². The summed E-state index contributed by atoms with van der Waals surface area (Å²) < 4.78 is 0. The number of hydrogen-bond donors (Lipinski definition) is 0. The van der Waals surface area contributed by atoms with E-state index >= 15 is 0 Å². The summed E-state index contributed by atoms with van der Waals surface area (Å²) in [7, 11) is 0. The molecule has 5 heteroatoms. The third-order valence-electron chi connectivity index (χ3n) is 24.5. The quantitative estimate of drug-likeness (QED) is 0.113. The van der Waals surface area contributed by atoms with Crippen molar-refractivity contribution in [1.29, 1.82) is 0 Å². The first-order chi connectivity index (χ1) is 54.3. The first kappa shape index (κ1) is 75.1. The Morgan fingerprint density at radius 2 is 0.518 bits per heavy atom. The highest BCUT2D eigenvalue weighted by Gasteiger charge is 2.51. The van der Waals surface area contributed by atoms with Gasteiger partial charge in [-0.25, -0.2) is 0 Å². The molecule has 17 rings (SSSR count). The Balaban J connectivity index is 1.06. The van der Waals surface area contributed by atoms with Gasteiger partial charge < -0.3 is 19.6 Å². The molecule has 2 heterocycles. The zero-order valence-electron chi connectivity index (χ0n) is 70.0. The predicted molar refractivity (Wildman–Crippen MR) is 490 cm³/mol. The minimum atomic E-state index is -0.821. The molecule has 566 valence electrons. The second-order valence-electron chi connectivity index (χ2n) is 38.3. The summed E-state index contributed by atoms with van der Waals surface area (Å²) in [5.41, 5.74) is 35.1. The summed E-state index contributed by atoms with van der Waals surface area (Å²) >= 11 is 0. The molecule has 14 aromatic carbocycles. The summed E-state index contributed by atoms with van der Waals surface area (Å²) in [6.07, 6.45) is 0. The maximum Gasteiger partial charge on any atom is 0.252 e. The predicted octanol–water partition coefficient (Wildman–Crippen LogP) is 28.2. The van der Waals surface area contributed by atoms with Gasteiger partial charge in [-0.15, -0.1) is 0 Å². The normalized spacial score (nSPS) is 13.7. The maximum atomic E-state index is 2.71. The van der Waals surface area contributed by atoms with Crippen molar-refractivity contribution in [2.24, 2.45) is 0 Å². The molecule has 0 saturated carbocycles. The van der Waals surface area contributed by atoms with E-state index in [1.165, 1.54) is 83.1 Å². The Labute approximate surface area is 679 Å². The van der Waals surface area contributed by atoms with Crippen LogP contribution in [0.5, 0.6) is 0 Å². The molecule has 0 fully saturated rings. The number of rotatable bonds is 12. The van der Waals surface area contributed by atoms with Crippen molar-refractivity contribution in [1.82, 2.24) is 0 Å². The molecule has 0 unspecified atom stereocenters. The molecule has 0 N–H and O–H groups in total. The van der Waals surface area contributed by atoms with Gasteiger partial charge in [0, 0.05) is 68.0 Å². The molecule has 14 aromatic rings. The van der Waals surface area contributed by atoms with Gasteiger partial charge in [0.15, 0.2) is 0 Å². The zero-order chi connectivity index (χ0) is 79.8. The van der Waals surface area contributed by atoms with Crippen molar-refractivity contribution in [3.05, 3.63) is 377 Å². The second kappa shape index (κ2) is 27.9. The fraction of sp³-hybridized carbons (Fsp3) is 0.229. The Kier molecular flexibility index (Phi) is 18.3. The van der Waals surface area contributed by atoms with Crippen molar-refractivity contribution < 1.29 is 0 Å². The minimum absolute atomic E-state index is 0.0464. The first-order valence-corrected chi connectivity index (χ1v) is 41.1. The molecule has 4 nitrogen and oxygen atoms in total. The highest BCUT2D eigenvalue weighted by atomic mass is 15.2. The van der Waals surface area contributed by atoms with Crippen molar-refractivity contribution in [2.75, 3.05) is 19.6 Å². The van der Waals surface area contributed by atoms with Gasteiger partial charge in [0.1, 0.15) is 0 Å². The van der Waals surface area contributed by atoms with E-state index in [9.17, 15) is 0 Å². The molecule has 3 aliphatic rings. The molecule has 0 spiro atoms. The van der Waals surface area contributed by atoms with Crippen molar-refractivity contribution in [3.63, 3.8) is 0 Å². The van der Waals surface area contributed by atoms with Crippen LogP contribution in [-0.4, -0.2) is 6.71 Å². The van der Waals surface area contributed by atoms with Crippen LogP contribution in [0.2, 0.25) is 0 Å². The van der Waals surface area contributed by atoms with Crippen LogP contribution in [-0.2, 0) is 37.9 Å². The fourth-order valence-corrected chi connectivity index (χ4v) is 18.1. The lowest BCUT2D eigenvalue weighted by atomic mass is 9.33. The van der Waals surface area contributed by atoms with Gasteiger partial charge >= 0.3 is 0 Å². The zero-order valence-corrected chi connectivity index (χ0v) is 70.0. The molecule has 1 aliphatic carbocycles. The van der Waals surface area contributed by atoms with E-state index in [1.54, 1.807) is 0 Å². The number of nitrogens with zero attached hydrogens (tertiary/aromatic N) is 4. The molecule has 0 amide bonds. The van der Waals surface area contributed by atoms with E-state index in [-0.39, 0.29) is 39.2 Å². The van der Waals surface area contributed by atoms with Crippen LogP contribution in [0, 0.1) is 0 Å². The molecule has 0 atom stereocenters. The van der Waals surface area contributed by atoms with E-state index in [1.807, 2.05) is 0 Å². The van der Waals surface area contributed by atoms with Gasteiger partial charge in [-0.3, -0.25) is 0 Å². The SMILES string of the molecule is CC(C)(C)c1ccc(N(c2ccc(C(C)(C)C)cc2)c2ccc3c(c2)N(c2ccc(C(C)(C)C)cc2-c2ccccc2)c2cc(C4(c5ccccc5)c5ccccc5-c5ccccc54)cc4c2B3c2ccc(N(c3ccc(C(C)(C)C)cc3)c3ccc(C(C)(C)C)cc3)cc2N4c2ccc(C(C)(C)C)cc2-c2ccccc2)cc1. The molecule has 114 heavy (non-hydrogen) atoms. The van der Waals surface area contributed by atoms with E-state index in [4.69, 9.17) is 0 Å². The summed E-state index contributed by atoms with van der Waals surface area (Å²) in [6, 6.07) is 125. The highest BCUT2D eigenvalue weighted by Crippen LogP contribution is 2.60.